The summed E-state index contributed by atoms with van der Waals surface area (Å²) < 4.78 is 27.4. The van der Waals surface area contributed by atoms with E-state index >= 15 is 0 Å². The van der Waals surface area contributed by atoms with Crippen LogP contribution in [0.3, 0.4) is 0 Å². The van der Waals surface area contributed by atoms with Gasteiger partial charge in [0, 0.05) is 12.1 Å². The molecule has 0 spiro atoms. The number of hydrogen-bond donors (Lipinski definition) is 3. The predicted octanol–water partition coefficient (Wildman–Crippen LogP) is 2.25. The van der Waals surface area contributed by atoms with Gasteiger partial charge in [-0.25, -0.2) is 22.6 Å². The van der Waals surface area contributed by atoms with Crippen LogP contribution in [-0.2, 0) is 10.0 Å². The number of urea groups is 1. The van der Waals surface area contributed by atoms with E-state index in [4.69, 9.17) is 0 Å². The lowest BCUT2D eigenvalue weighted by atomic mass is 10.1. The Morgan fingerprint density at radius 2 is 1.76 bits per heavy atom. The SMILES string of the molecule is CNS(=O)(=O)c1ccc(C(C)NC(=O)Nc2ccnn2C(C)C)cc1. The first kappa shape index (κ1) is 18.9. The topological polar surface area (TPSA) is 105 Å². The zero-order valence-corrected chi connectivity index (χ0v) is 15.5. The number of sulfonamides is 1. The molecule has 3 N–H and O–H groups in total. The molecule has 0 aliphatic heterocycles. The maximum Gasteiger partial charge on any atom is 0.320 e. The third-order valence-electron chi connectivity index (χ3n) is 3.71. The van der Waals surface area contributed by atoms with Crippen molar-refractivity contribution in [3.63, 3.8) is 0 Å². The van der Waals surface area contributed by atoms with Crippen LogP contribution >= 0.6 is 0 Å². The van der Waals surface area contributed by atoms with Gasteiger partial charge in [0.25, 0.3) is 0 Å². The molecule has 8 nitrogen and oxygen atoms in total. The summed E-state index contributed by atoms with van der Waals surface area (Å²) >= 11 is 0. The number of nitrogens with one attached hydrogen (secondary N) is 3. The summed E-state index contributed by atoms with van der Waals surface area (Å²) in [4.78, 5) is 12.3. The van der Waals surface area contributed by atoms with Gasteiger partial charge in [-0.15, -0.1) is 0 Å². The molecule has 2 rings (SSSR count). The summed E-state index contributed by atoms with van der Waals surface area (Å²) in [6.45, 7) is 5.76. The Labute approximate surface area is 147 Å². The summed E-state index contributed by atoms with van der Waals surface area (Å²) in [6, 6.07) is 7.56. The average Bonchev–Trinajstić information content (AvgIpc) is 3.03. The molecule has 2 amide bonds. The normalized spacial score (nSPS) is 12.8. The molecule has 9 heteroatoms. The van der Waals surface area contributed by atoms with Crippen molar-refractivity contribution < 1.29 is 13.2 Å². The first-order valence-corrected chi connectivity index (χ1v) is 9.37. The fourth-order valence-corrected chi connectivity index (χ4v) is 3.04. The van der Waals surface area contributed by atoms with Gasteiger partial charge < -0.3 is 5.32 Å². The molecule has 1 heterocycles. The van der Waals surface area contributed by atoms with E-state index in [1.807, 2.05) is 20.8 Å². The lowest BCUT2D eigenvalue weighted by molar-refractivity contribution is 0.249. The maximum atomic E-state index is 12.2. The Kier molecular flexibility index (Phi) is 5.81. The Bertz CT molecular complexity index is 828. The van der Waals surface area contributed by atoms with Crippen LogP contribution in [0.5, 0.6) is 0 Å². The Morgan fingerprint density at radius 3 is 2.32 bits per heavy atom. The second kappa shape index (κ2) is 7.66. The quantitative estimate of drug-likeness (QED) is 0.730. The predicted molar refractivity (Wildman–Crippen MR) is 95.9 cm³/mol. The van der Waals surface area contributed by atoms with Crippen molar-refractivity contribution in [3.05, 3.63) is 42.1 Å². The number of carbonyl (C=O) groups is 1. The molecule has 0 bridgehead atoms. The summed E-state index contributed by atoms with van der Waals surface area (Å²) in [5.74, 6) is 0.607. The van der Waals surface area contributed by atoms with Crippen molar-refractivity contribution in [1.82, 2.24) is 19.8 Å². The van der Waals surface area contributed by atoms with Gasteiger partial charge in [0.15, 0.2) is 0 Å². The van der Waals surface area contributed by atoms with Crippen molar-refractivity contribution in [1.29, 1.82) is 0 Å². The highest BCUT2D eigenvalue weighted by atomic mass is 32.2. The Balaban J connectivity index is 2.03. The first-order valence-electron chi connectivity index (χ1n) is 7.89. The average molecular weight is 365 g/mol. The van der Waals surface area contributed by atoms with Crippen molar-refractivity contribution in [3.8, 4) is 0 Å². The summed E-state index contributed by atoms with van der Waals surface area (Å²) in [5, 5.41) is 9.74. The molecule has 1 unspecified atom stereocenters. The van der Waals surface area contributed by atoms with Crippen molar-refractivity contribution in [2.24, 2.45) is 0 Å². The van der Waals surface area contributed by atoms with Gasteiger partial charge in [-0.05, 0) is 45.5 Å². The summed E-state index contributed by atoms with van der Waals surface area (Å²) in [7, 11) is -2.11. The largest absolute Gasteiger partial charge is 0.331 e. The molecule has 0 saturated heterocycles. The van der Waals surface area contributed by atoms with Crippen LogP contribution in [0.25, 0.3) is 0 Å². The highest BCUT2D eigenvalue weighted by Gasteiger charge is 2.15. The number of nitrogens with zero attached hydrogens (tertiary/aromatic N) is 2. The number of rotatable bonds is 6. The molecule has 136 valence electrons. The van der Waals surface area contributed by atoms with Gasteiger partial charge >= 0.3 is 6.03 Å². The summed E-state index contributed by atoms with van der Waals surface area (Å²) in [6.07, 6.45) is 1.62. The number of aromatic nitrogens is 2. The van der Waals surface area contributed by atoms with Gasteiger partial charge in [0.1, 0.15) is 5.82 Å². The molecule has 2 aromatic rings. The van der Waals surface area contributed by atoms with Crippen LogP contribution in [0.15, 0.2) is 41.4 Å². The number of carbonyl (C=O) groups excluding carboxylic acids is 1. The number of amides is 2. The highest BCUT2D eigenvalue weighted by Crippen LogP contribution is 2.17. The van der Waals surface area contributed by atoms with Gasteiger partial charge in [-0.3, -0.25) is 5.32 Å². The minimum absolute atomic E-state index is 0.129. The molecule has 0 aliphatic carbocycles. The third-order valence-corrected chi connectivity index (χ3v) is 5.14. The Hall–Kier alpha value is -2.39. The standard InChI is InChI=1S/C16H23N5O3S/c1-11(2)21-15(9-10-18-21)20-16(22)19-12(3)13-5-7-14(8-6-13)25(23,24)17-4/h5-12,17H,1-4H3,(H2,19,20,22). The van der Waals surface area contributed by atoms with E-state index in [1.54, 1.807) is 29.1 Å². The third kappa shape index (κ3) is 4.58. The van der Waals surface area contributed by atoms with Gasteiger partial charge in [-0.2, -0.15) is 5.10 Å². The van der Waals surface area contributed by atoms with E-state index in [1.165, 1.54) is 19.2 Å². The molecule has 1 aromatic carbocycles. The van der Waals surface area contributed by atoms with E-state index in [-0.39, 0.29) is 23.0 Å². The minimum atomic E-state index is -3.47. The molecule has 25 heavy (non-hydrogen) atoms. The molecule has 1 aromatic heterocycles. The van der Waals surface area contributed by atoms with Crippen LogP contribution < -0.4 is 15.4 Å². The molecular formula is C16H23N5O3S. The molecule has 0 saturated carbocycles. The zero-order chi connectivity index (χ0) is 18.6. The molecule has 0 fully saturated rings. The van der Waals surface area contributed by atoms with E-state index < -0.39 is 10.0 Å². The van der Waals surface area contributed by atoms with E-state index in [9.17, 15) is 13.2 Å². The molecular weight excluding hydrogens is 342 g/mol. The number of anilines is 1. The monoisotopic (exact) mass is 365 g/mol. The lowest BCUT2D eigenvalue weighted by Gasteiger charge is -2.17. The van der Waals surface area contributed by atoms with Crippen LogP contribution in [0, 0.1) is 0 Å². The number of benzene rings is 1. The van der Waals surface area contributed by atoms with Crippen LogP contribution in [0.2, 0.25) is 0 Å². The second-order valence-corrected chi connectivity index (χ2v) is 7.74. The van der Waals surface area contributed by atoms with E-state index in [0.29, 0.717) is 5.82 Å². The molecule has 1 atom stereocenters. The lowest BCUT2D eigenvalue weighted by Crippen LogP contribution is -2.32. The number of hydrogen-bond acceptors (Lipinski definition) is 4. The zero-order valence-electron chi connectivity index (χ0n) is 14.6. The second-order valence-electron chi connectivity index (χ2n) is 5.85. The maximum absolute atomic E-state index is 12.2. The van der Waals surface area contributed by atoms with Crippen molar-refractivity contribution >= 4 is 21.9 Å². The van der Waals surface area contributed by atoms with Crippen LogP contribution in [0.4, 0.5) is 10.6 Å². The first-order chi connectivity index (χ1) is 11.7. The fourth-order valence-electron chi connectivity index (χ4n) is 2.31. The van der Waals surface area contributed by atoms with Gasteiger partial charge in [0.2, 0.25) is 10.0 Å². The van der Waals surface area contributed by atoms with E-state index in [2.05, 4.69) is 20.5 Å². The highest BCUT2D eigenvalue weighted by molar-refractivity contribution is 7.89. The van der Waals surface area contributed by atoms with Gasteiger partial charge in [-0.1, -0.05) is 12.1 Å². The van der Waals surface area contributed by atoms with Gasteiger partial charge in [0.05, 0.1) is 17.1 Å². The van der Waals surface area contributed by atoms with Crippen LogP contribution in [-0.4, -0.2) is 31.3 Å². The Morgan fingerprint density at radius 1 is 1.12 bits per heavy atom. The van der Waals surface area contributed by atoms with Crippen molar-refractivity contribution in [2.75, 3.05) is 12.4 Å². The van der Waals surface area contributed by atoms with Crippen LogP contribution in [0.1, 0.15) is 38.4 Å². The molecule has 0 radical (unpaired) electrons. The fraction of sp³-hybridized carbons (Fsp3) is 0.375. The smallest absolute Gasteiger partial charge is 0.320 e. The summed E-state index contributed by atoms with van der Waals surface area (Å²) in [5.41, 5.74) is 0.794. The van der Waals surface area contributed by atoms with E-state index in [0.717, 1.165) is 5.56 Å². The minimum Gasteiger partial charge on any atom is -0.331 e. The molecule has 0 aliphatic rings. The van der Waals surface area contributed by atoms with Crippen molar-refractivity contribution in [2.45, 2.75) is 37.8 Å².